The van der Waals surface area contributed by atoms with Gasteiger partial charge in [0.1, 0.15) is 5.82 Å². The van der Waals surface area contributed by atoms with E-state index in [1.54, 1.807) is 4.57 Å². The van der Waals surface area contributed by atoms with Gasteiger partial charge in [-0.25, -0.2) is 9.78 Å². The Labute approximate surface area is 128 Å². The van der Waals surface area contributed by atoms with Gasteiger partial charge in [-0.1, -0.05) is 13.8 Å². The molecular formula is C15H23N5O2. The standard InChI is InChI=1S/C15H23N5O2/c1-9(2)8-20-13-11(14(21)18(3)15(20)22)19(7-6-16)12(17-13)10-4-5-10/h9-10H,4-8,16H2,1-3H3. The molecule has 0 spiro atoms. The Morgan fingerprint density at radius 3 is 2.50 bits per heavy atom. The number of hydrogen-bond acceptors (Lipinski definition) is 4. The quantitative estimate of drug-likeness (QED) is 0.865. The van der Waals surface area contributed by atoms with Crippen LogP contribution >= 0.6 is 0 Å². The van der Waals surface area contributed by atoms with Crippen molar-refractivity contribution in [1.82, 2.24) is 18.7 Å². The first-order chi connectivity index (χ1) is 10.5. The summed E-state index contributed by atoms with van der Waals surface area (Å²) in [6.45, 7) is 5.63. The summed E-state index contributed by atoms with van der Waals surface area (Å²) in [4.78, 5) is 29.7. The molecule has 3 rings (SSSR count). The second-order valence-electron chi connectivity index (χ2n) is 6.51. The molecule has 2 aromatic heterocycles. The highest BCUT2D eigenvalue weighted by atomic mass is 16.2. The van der Waals surface area contributed by atoms with Crippen molar-refractivity contribution in [3.63, 3.8) is 0 Å². The minimum absolute atomic E-state index is 0.284. The van der Waals surface area contributed by atoms with Crippen molar-refractivity contribution in [3.05, 3.63) is 26.7 Å². The van der Waals surface area contributed by atoms with Crippen LogP contribution in [0.15, 0.2) is 9.59 Å². The summed E-state index contributed by atoms with van der Waals surface area (Å²) >= 11 is 0. The maximum atomic E-state index is 12.6. The molecule has 2 N–H and O–H groups in total. The molecule has 2 heterocycles. The van der Waals surface area contributed by atoms with Crippen LogP contribution in [0.25, 0.3) is 11.2 Å². The van der Waals surface area contributed by atoms with Crippen LogP contribution in [0.1, 0.15) is 38.4 Å². The Morgan fingerprint density at radius 1 is 1.27 bits per heavy atom. The van der Waals surface area contributed by atoms with E-state index < -0.39 is 0 Å². The van der Waals surface area contributed by atoms with E-state index in [9.17, 15) is 9.59 Å². The van der Waals surface area contributed by atoms with Crippen molar-refractivity contribution in [2.45, 2.75) is 45.7 Å². The molecular weight excluding hydrogens is 282 g/mol. The number of nitrogens with two attached hydrogens (primary N) is 1. The van der Waals surface area contributed by atoms with Crippen LogP contribution < -0.4 is 17.0 Å². The molecule has 0 atom stereocenters. The highest BCUT2D eigenvalue weighted by molar-refractivity contribution is 5.71. The molecule has 1 aliphatic carbocycles. The second kappa shape index (κ2) is 5.39. The molecule has 1 aliphatic rings. The van der Waals surface area contributed by atoms with E-state index in [2.05, 4.69) is 4.98 Å². The average Bonchev–Trinajstić information content (AvgIpc) is 3.24. The predicted octanol–water partition coefficient (Wildman–Crippen LogP) is 0.389. The largest absolute Gasteiger partial charge is 0.332 e. The van der Waals surface area contributed by atoms with Gasteiger partial charge in [0.05, 0.1) is 0 Å². The molecule has 0 amide bonds. The zero-order chi connectivity index (χ0) is 16.0. The maximum Gasteiger partial charge on any atom is 0.332 e. The summed E-state index contributed by atoms with van der Waals surface area (Å²) in [5.41, 5.74) is 6.15. The van der Waals surface area contributed by atoms with E-state index >= 15 is 0 Å². The monoisotopic (exact) mass is 305 g/mol. The molecule has 0 unspecified atom stereocenters. The normalized spacial score (nSPS) is 15.1. The minimum atomic E-state index is -0.300. The Kier molecular flexibility index (Phi) is 3.68. The molecule has 7 nitrogen and oxygen atoms in total. The van der Waals surface area contributed by atoms with Crippen molar-refractivity contribution in [3.8, 4) is 0 Å². The zero-order valence-corrected chi connectivity index (χ0v) is 13.4. The van der Waals surface area contributed by atoms with Gasteiger partial charge >= 0.3 is 5.69 Å². The van der Waals surface area contributed by atoms with E-state index in [0.717, 1.165) is 18.7 Å². The summed E-state index contributed by atoms with van der Waals surface area (Å²) in [7, 11) is 1.53. The van der Waals surface area contributed by atoms with Gasteiger partial charge in [0.15, 0.2) is 11.2 Å². The topological polar surface area (TPSA) is 87.8 Å². The molecule has 1 fully saturated rings. The molecule has 120 valence electrons. The number of fused-ring (bicyclic) bond motifs is 1. The van der Waals surface area contributed by atoms with Crippen molar-refractivity contribution >= 4 is 11.2 Å². The summed E-state index contributed by atoms with van der Waals surface area (Å²) in [6, 6.07) is 0. The molecule has 0 radical (unpaired) electrons. The first-order valence-corrected chi connectivity index (χ1v) is 7.85. The highest BCUT2D eigenvalue weighted by Crippen LogP contribution is 2.40. The third-order valence-electron chi connectivity index (χ3n) is 4.10. The lowest BCUT2D eigenvalue weighted by Crippen LogP contribution is -2.39. The van der Waals surface area contributed by atoms with E-state index in [4.69, 9.17) is 5.73 Å². The minimum Gasteiger partial charge on any atom is -0.329 e. The fourth-order valence-electron chi connectivity index (χ4n) is 2.91. The summed E-state index contributed by atoms with van der Waals surface area (Å²) in [6.07, 6.45) is 2.17. The molecule has 0 aromatic carbocycles. The smallest absolute Gasteiger partial charge is 0.329 e. The van der Waals surface area contributed by atoms with E-state index in [1.807, 2.05) is 18.4 Å². The lowest BCUT2D eigenvalue weighted by Gasteiger charge is -2.11. The second-order valence-corrected chi connectivity index (χ2v) is 6.51. The lowest BCUT2D eigenvalue weighted by molar-refractivity contribution is 0.499. The molecule has 22 heavy (non-hydrogen) atoms. The van der Waals surface area contributed by atoms with Gasteiger partial charge in [-0.05, 0) is 18.8 Å². The number of rotatable bonds is 5. The van der Waals surface area contributed by atoms with Crippen LogP contribution in [-0.4, -0.2) is 25.2 Å². The SMILES string of the molecule is CC(C)Cn1c(=O)n(C)c(=O)c2c1nc(C1CC1)n2CCN. The number of imidazole rings is 1. The van der Waals surface area contributed by atoms with Crippen molar-refractivity contribution in [1.29, 1.82) is 0 Å². The van der Waals surface area contributed by atoms with Gasteiger partial charge in [-0.15, -0.1) is 0 Å². The first-order valence-electron chi connectivity index (χ1n) is 7.85. The molecule has 0 aliphatic heterocycles. The van der Waals surface area contributed by atoms with E-state index in [0.29, 0.717) is 42.6 Å². The third kappa shape index (κ3) is 2.29. The van der Waals surface area contributed by atoms with Crippen molar-refractivity contribution in [2.75, 3.05) is 6.54 Å². The van der Waals surface area contributed by atoms with E-state index in [-0.39, 0.29) is 11.2 Å². The van der Waals surface area contributed by atoms with Gasteiger partial charge < -0.3 is 10.3 Å². The van der Waals surface area contributed by atoms with Crippen molar-refractivity contribution < 1.29 is 0 Å². The van der Waals surface area contributed by atoms with Gasteiger partial charge in [-0.2, -0.15) is 0 Å². The van der Waals surface area contributed by atoms with E-state index in [1.165, 1.54) is 11.6 Å². The molecule has 2 aromatic rings. The predicted molar refractivity (Wildman–Crippen MR) is 85.1 cm³/mol. The van der Waals surface area contributed by atoms with Crippen LogP contribution in [0.4, 0.5) is 0 Å². The van der Waals surface area contributed by atoms with Gasteiger partial charge in [0.2, 0.25) is 0 Å². The van der Waals surface area contributed by atoms with Crippen LogP contribution in [0.3, 0.4) is 0 Å². The van der Waals surface area contributed by atoms with Gasteiger partial charge in [0.25, 0.3) is 5.56 Å². The number of aromatic nitrogens is 4. The third-order valence-corrected chi connectivity index (χ3v) is 4.10. The molecule has 1 saturated carbocycles. The maximum absolute atomic E-state index is 12.6. The average molecular weight is 305 g/mol. The summed E-state index contributed by atoms with van der Waals surface area (Å²) < 4.78 is 4.72. The van der Waals surface area contributed by atoms with Crippen LogP contribution in [-0.2, 0) is 20.1 Å². The molecule has 0 bridgehead atoms. The van der Waals surface area contributed by atoms with Gasteiger partial charge in [-0.3, -0.25) is 13.9 Å². The Bertz CT molecular complexity index is 823. The zero-order valence-electron chi connectivity index (χ0n) is 13.4. The summed E-state index contributed by atoms with van der Waals surface area (Å²) in [5, 5.41) is 0. The number of nitrogens with zero attached hydrogens (tertiary/aromatic N) is 4. The first kappa shape index (κ1) is 15.0. The highest BCUT2D eigenvalue weighted by Gasteiger charge is 2.31. The fourth-order valence-corrected chi connectivity index (χ4v) is 2.91. The molecule has 7 heteroatoms. The van der Waals surface area contributed by atoms with Crippen LogP contribution in [0, 0.1) is 5.92 Å². The lowest BCUT2D eigenvalue weighted by atomic mass is 10.2. The van der Waals surface area contributed by atoms with Crippen LogP contribution in [0.2, 0.25) is 0 Å². The summed E-state index contributed by atoms with van der Waals surface area (Å²) in [5.74, 6) is 1.59. The Hall–Kier alpha value is -1.89. The van der Waals surface area contributed by atoms with Crippen molar-refractivity contribution in [2.24, 2.45) is 18.7 Å². The Balaban J connectivity index is 2.38. The molecule has 0 saturated heterocycles. The van der Waals surface area contributed by atoms with Gasteiger partial charge in [0, 0.05) is 32.6 Å². The Morgan fingerprint density at radius 2 is 1.95 bits per heavy atom. The van der Waals surface area contributed by atoms with Crippen LogP contribution in [0.5, 0.6) is 0 Å². The fraction of sp³-hybridized carbons (Fsp3) is 0.667. The number of hydrogen-bond donors (Lipinski definition) is 1.